The summed E-state index contributed by atoms with van der Waals surface area (Å²) in [7, 11) is 0. The van der Waals surface area contributed by atoms with E-state index in [9.17, 15) is 14.0 Å². The quantitative estimate of drug-likeness (QED) is 0.787. The minimum atomic E-state index is -0.632. The fraction of sp³-hybridized carbons (Fsp3) is 0.0667. The van der Waals surface area contributed by atoms with Crippen LogP contribution in [0.1, 0.15) is 15.9 Å². The van der Waals surface area contributed by atoms with Gasteiger partial charge in [-0.2, -0.15) is 0 Å². The number of hydrogen-bond acceptors (Lipinski definition) is 2. The van der Waals surface area contributed by atoms with Crippen LogP contribution in [0.25, 0.3) is 0 Å². The predicted molar refractivity (Wildman–Crippen MR) is 78.4 cm³/mol. The summed E-state index contributed by atoms with van der Waals surface area (Å²) >= 11 is 11.6. The summed E-state index contributed by atoms with van der Waals surface area (Å²) < 4.78 is 13.2. The normalized spacial score (nSPS) is 13.8. The zero-order valence-electron chi connectivity index (χ0n) is 10.6. The molecule has 1 amide bonds. The number of halogens is 3. The van der Waals surface area contributed by atoms with Gasteiger partial charge in [-0.05, 0) is 35.9 Å². The molecule has 21 heavy (non-hydrogen) atoms. The maximum Gasteiger partial charge on any atom is 0.299 e. The van der Waals surface area contributed by atoms with Crippen LogP contribution >= 0.6 is 23.2 Å². The van der Waals surface area contributed by atoms with Gasteiger partial charge < -0.3 is 4.90 Å². The molecule has 0 spiro atoms. The Bertz CT molecular complexity index is 776. The molecule has 2 aromatic carbocycles. The molecular formula is C15H8Cl2FNO2. The summed E-state index contributed by atoms with van der Waals surface area (Å²) in [6.07, 6.45) is 0. The zero-order valence-corrected chi connectivity index (χ0v) is 12.1. The maximum absolute atomic E-state index is 13.2. The van der Waals surface area contributed by atoms with E-state index in [1.165, 1.54) is 29.2 Å². The van der Waals surface area contributed by atoms with Crippen molar-refractivity contribution in [1.82, 2.24) is 0 Å². The highest BCUT2D eigenvalue weighted by Crippen LogP contribution is 2.33. The van der Waals surface area contributed by atoms with Crippen molar-refractivity contribution in [2.24, 2.45) is 0 Å². The number of fused-ring (bicyclic) bond motifs is 1. The molecule has 1 aliphatic heterocycles. The van der Waals surface area contributed by atoms with E-state index >= 15 is 0 Å². The van der Waals surface area contributed by atoms with Crippen LogP contribution in [0.5, 0.6) is 0 Å². The van der Waals surface area contributed by atoms with Gasteiger partial charge in [0.25, 0.3) is 11.7 Å². The monoisotopic (exact) mass is 323 g/mol. The number of nitrogens with zero attached hydrogens (tertiary/aromatic N) is 1. The van der Waals surface area contributed by atoms with Gasteiger partial charge in [-0.3, -0.25) is 9.59 Å². The molecule has 2 aromatic rings. The van der Waals surface area contributed by atoms with Gasteiger partial charge in [0.15, 0.2) is 0 Å². The van der Waals surface area contributed by atoms with Crippen molar-refractivity contribution in [3.63, 3.8) is 0 Å². The van der Waals surface area contributed by atoms with Crippen LogP contribution in [-0.4, -0.2) is 11.7 Å². The molecule has 3 rings (SSSR count). The largest absolute Gasteiger partial charge is 0.300 e. The highest BCUT2D eigenvalue weighted by Gasteiger charge is 2.35. The van der Waals surface area contributed by atoms with Gasteiger partial charge in [0, 0.05) is 5.02 Å². The van der Waals surface area contributed by atoms with E-state index < -0.39 is 17.5 Å². The standard InChI is InChI=1S/C15H8Cl2FNO2/c16-9-2-3-10-13(6-9)19(15(21)14(10)20)7-8-1-4-12(18)11(17)5-8/h1-6H,7H2. The van der Waals surface area contributed by atoms with Crippen molar-refractivity contribution in [3.8, 4) is 0 Å². The van der Waals surface area contributed by atoms with Crippen molar-refractivity contribution >= 4 is 40.6 Å². The maximum atomic E-state index is 13.2. The Morgan fingerprint density at radius 2 is 1.81 bits per heavy atom. The summed E-state index contributed by atoms with van der Waals surface area (Å²) in [6.45, 7) is 0.123. The van der Waals surface area contributed by atoms with E-state index in [-0.39, 0.29) is 11.6 Å². The fourth-order valence-corrected chi connectivity index (χ4v) is 2.61. The Kier molecular flexibility index (Phi) is 3.43. The van der Waals surface area contributed by atoms with Crippen molar-refractivity contribution in [2.75, 3.05) is 4.90 Å². The second-order valence-electron chi connectivity index (χ2n) is 4.63. The molecular weight excluding hydrogens is 316 g/mol. The minimum Gasteiger partial charge on any atom is -0.300 e. The van der Waals surface area contributed by atoms with E-state index in [4.69, 9.17) is 23.2 Å². The molecule has 0 unspecified atom stereocenters. The molecule has 0 saturated carbocycles. The highest BCUT2D eigenvalue weighted by molar-refractivity contribution is 6.52. The van der Waals surface area contributed by atoms with Crippen LogP contribution in [0.15, 0.2) is 36.4 Å². The fourth-order valence-electron chi connectivity index (χ4n) is 2.24. The number of hydrogen-bond donors (Lipinski definition) is 0. The Balaban J connectivity index is 1.99. The molecule has 0 aliphatic carbocycles. The van der Waals surface area contributed by atoms with E-state index in [1.54, 1.807) is 12.1 Å². The topological polar surface area (TPSA) is 37.4 Å². The number of carbonyl (C=O) groups is 2. The van der Waals surface area contributed by atoms with Crippen molar-refractivity contribution in [3.05, 3.63) is 63.4 Å². The van der Waals surface area contributed by atoms with Crippen molar-refractivity contribution in [2.45, 2.75) is 6.54 Å². The second kappa shape index (κ2) is 5.13. The first-order valence-electron chi connectivity index (χ1n) is 6.07. The Morgan fingerprint density at radius 1 is 1.05 bits per heavy atom. The number of anilines is 1. The first-order valence-corrected chi connectivity index (χ1v) is 6.82. The van der Waals surface area contributed by atoms with E-state index in [1.807, 2.05) is 0 Å². The average molecular weight is 324 g/mol. The Labute approximate surface area is 129 Å². The molecule has 0 atom stereocenters. The molecule has 0 fully saturated rings. The van der Waals surface area contributed by atoms with Crippen LogP contribution < -0.4 is 4.90 Å². The third-order valence-electron chi connectivity index (χ3n) is 3.26. The van der Waals surface area contributed by atoms with Crippen LogP contribution in [-0.2, 0) is 11.3 Å². The lowest BCUT2D eigenvalue weighted by Crippen LogP contribution is -2.29. The Hall–Kier alpha value is -1.91. The molecule has 0 N–H and O–H groups in total. The van der Waals surface area contributed by atoms with Gasteiger partial charge in [0.05, 0.1) is 22.8 Å². The lowest BCUT2D eigenvalue weighted by molar-refractivity contribution is -0.114. The average Bonchev–Trinajstić information content (AvgIpc) is 2.68. The minimum absolute atomic E-state index is 0.0307. The van der Waals surface area contributed by atoms with Gasteiger partial charge in [0.2, 0.25) is 0 Å². The molecule has 1 aliphatic rings. The summed E-state index contributed by atoms with van der Waals surface area (Å²) in [4.78, 5) is 25.3. The van der Waals surface area contributed by atoms with Gasteiger partial charge >= 0.3 is 0 Å². The van der Waals surface area contributed by atoms with E-state index in [2.05, 4.69) is 0 Å². The second-order valence-corrected chi connectivity index (χ2v) is 5.47. The number of Topliss-reactive ketones (excluding diaryl/α,β-unsaturated/α-hetero) is 1. The molecule has 0 radical (unpaired) electrons. The lowest BCUT2D eigenvalue weighted by Gasteiger charge is -2.17. The van der Waals surface area contributed by atoms with E-state index in [0.29, 0.717) is 21.8 Å². The molecule has 6 heteroatoms. The van der Waals surface area contributed by atoms with Gasteiger partial charge in [-0.15, -0.1) is 0 Å². The molecule has 1 heterocycles. The highest BCUT2D eigenvalue weighted by atomic mass is 35.5. The SMILES string of the molecule is O=C1C(=O)N(Cc2ccc(F)c(Cl)c2)c2cc(Cl)ccc21. The summed E-state index contributed by atoms with van der Waals surface area (Å²) in [5, 5.41) is 0.398. The predicted octanol–water partition coefficient (Wildman–Crippen LogP) is 3.86. The number of ketones is 1. The number of carbonyl (C=O) groups excluding carboxylic acids is 2. The van der Waals surface area contributed by atoms with Gasteiger partial charge in [0.1, 0.15) is 5.82 Å². The first-order chi connectivity index (χ1) is 9.97. The number of rotatable bonds is 2. The Morgan fingerprint density at radius 3 is 2.52 bits per heavy atom. The van der Waals surface area contributed by atoms with E-state index in [0.717, 1.165) is 0 Å². The zero-order chi connectivity index (χ0) is 15.1. The molecule has 0 aromatic heterocycles. The third kappa shape index (κ3) is 2.41. The smallest absolute Gasteiger partial charge is 0.299 e. The van der Waals surface area contributed by atoms with Crippen LogP contribution in [0, 0.1) is 5.82 Å². The summed E-state index contributed by atoms with van der Waals surface area (Å²) in [6, 6.07) is 8.81. The van der Waals surface area contributed by atoms with Crippen LogP contribution in [0.3, 0.4) is 0 Å². The summed E-state index contributed by atoms with van der Waals surface area (Å²) in [5.41, 5.74) is 1.39. The van der Waals surface area contributed by atoms with Gasteiger partial charge in [-0.25, -0.2) is 4.39 Å². The van der Waals surface area contributed by atoms with Crippen LogP contribution in [0.2, 0.25) is 10.0 Å². The lowest BCUT2D eigenvalue weighted by atomic mass is 10.1. The third-order valence-corrected chi connectivity index (χ3v) is 3.78. The van der Waals surface area contributed by atoms with Crippen molar-refractivity contribution < 1.29 is 14.0 Å². The van der Waals surface area contributed by atoms with Gasteiger partial charge in [-0.1, -0.05) is 29.3 Å². The number of amides is 1. The molecule has 106 valence electrons. The molecule has 0 saturated heterocycles. The first kappa shape index (κ1) is 14.0. The molecule has 0 bridgehead atoms. The molecule has 3 nitrogen and oxygen atoms in total. The van der Waals surface area contributed by atoms with Crippen molar-refractivity contribution in [1.29, 1.82) is 0 Å². The van der Waals surface area contributed by atoms with Crippen LogP contribution in [0.4, 0.5) is 10.1 Å². The number of benzene rings is 2. The summed E-state index contributed by atoms with van der Waals surface area (Å²) in [5.74, 6) is -1.74.